The number of nitrogens with zero attached hydrogens (tertiary/aromatic N) is 1. The first-order valence-corrected chi connectivity index (χ1v) is 6.00. The van der Waals surface area contributed by atoms with Crippen molar-refractivity contribution in [2.75, 3.05) is 13.2 Å². The summed E-state index contributed by atoms with van der Waals surface area (Å²) in [4.78, 5) is 4.60. The fraction of sp³-hybridized carbons (Fsp3) is 0.462. The molecule has 1 aromatic carbocycles. The van der Waals surface area contributed by atoms with Gasteiger partial charge in [0.15, 0.2) is 0 Å². The van der Waals surface area contributed by atoms with E-state index in [1.807, 2.05) is 18.2 Å². The molecule has 2 heterocycles. The standard InChI is InChI=1S/C13H16N2O2.ClH/c16-10-6-11(14-7-10)13-15-12(8-17-13)9-4-2-1-3-5-9;/h1-5,10-12,14,16H,6-8H2;1H/t10-,11+,12+;/m1./s1. The van der Waals surface area contributed by atoms with E-state index in [2.05, 4.69) is 22.4 Å². The van der Waals surface area contributed by atoms with Crippen molar-refractivity contribution in [2.45, 2.75) is 24.6 Å². The van der Waals surface area contributed by atoms with Crippen molar-refractivity contribution in [3.8, 4) is 0 Å². The highest BCUT2D eigenvalue weighted by atomic mass is 35.5. The SMILES string of the molecule is Cl.O[C@H]1CN[C@H](C2=N[C@H](c3ccccc3)CO2)C1. The van der Waals surface area contributed by atoms with Gasteiger partial charge in [-0.05, 0) is 12.0 Å². The predicted octanol–water partition coefficient (Wildman–Crippen LogP) is 1.30. The molecule has 3 atom stereocenters. The number of aliphatic hydroxyl groups excluding tert-OH is 1. The van der Waals surface area contributed by atoms with Crippen molar-refractivity contribution in [3.63, 3.8) is 0 Å². The van der Waals surface area contributed by atoms with Gasteiger partial charge in [-0.3, -0.25) is 0 Å². The highest BCUT2D eigenvalue weighted by molar-refractivity contribution is 5.85. The Kier molecular flexibility index (Phi) is 4.22. The summed E-state index contributed by atoms with van der Waals surface area (Å²) < 4.78 is 5.63. The highest BCUT2D eigenvalue weighted by Gasteiger charge is 2.32. The minimum Gasteiger partial charge on any atom is -0.477 e. The van der Waals surface area contributed by atoms with Gasteiger partial charge >= 0.3 is 0 Å². The highest BCUT2D eigenvalue weighted by Crippen LogP contribution is 2.25. The number of aliphatic hydroxyl groups is 1. The van der Waals surface area contributed by atoms with Gasteiger partial charge in [0.05, 0.1) is 12.1 Å². The fourth-order valence-corrected chi connectivity index (χ4v) is 2.33. The van der Waals surface area contributed by atoms with Crippen LogP contribution in [0.4, 0.5) is 0 Å². The molecule has 2 N–H and O–H groups in total. The molecule has 1 aromatic rings. The molecule has 0 aromatic heterocycles. The van der Waals surface area contributed by atoms with E-state index >= 15 is 0 Å². The summed E-state index contributed by atoms with van der Waals surface area (Å²) in [6, 6.07) is 10.3. The molecule has 18 heavy (non-hydrogen) atoms. The number of rotatable bonds is 2. The van der Waals surface area contributed by atoms with Crippen LogP contribution in [0, 0.1) is 0 Å². The van der Waals surface area contributed by atoms with E-state index in [4.69, 9.17) is 4.74 Å². The zero-order valence-corrected chi connectivity index (χ0v) is 10.8. The van der Waals surface area contributed by atoms with E-state index in [9.17, 15) is 5.11 Å². The molecule has 0 unspecified atom stereocenters. The van der Waals surface area contributed by atoms with Crippen LogP contribution >= 0.6 is 12.4 Å². The van der Waals surface area contributed by atoms with Gasteiger partial charge in [0.1, 0.15) is 12.6 Å². The van der Waals surface area contributed by atoms with Crippen molar-refractivity contribution >= 4 is 18.3 Å². The first kappa shape index (κ1) is 13.3. The molecule has 1 fully saturated rings. The molecule has 4 nitrogen and oxygen atoms in total. The molecular weight excluding hydrogens is 252 g/mol. The van der Waals surface area contributed by atoms with Gasteiger partial charge in [0.25, 0.3) is 0 Å². The molecule has 5 heteroatoms. The summed E-state index contributed by atoms with van der Waals surface area (Å²) in [5, 5.41) is 12.7. The molecular formula is C13H17ClN2O2. The van der Waals surface area contributed by atoms with Gasteiger partial charge < -0.3 is 15.2 Å². The van der Waals surface area contributed by atoms with Crippen molar-refractivity contribution < 1.29 is 9.84 Å². The Labute approximate surface area is 112 Å². The van der Waals surface area contributed by atoms with Crippen molar-refractivity contribution in [1.82, 2.24) is 5.32 Å². The quantitative estimate of drug-likeness (QED) is 0.850. The number of aliphatic imine (C=N–C) groups is 1. The smallest absolute Gasteiger partial charge is 0.201 e. The van der Waals surface area contributed by atoms with Gasteiger partial charge in [0, 0.05) is 6.54 Å². The molecule has 0 radical (unpaired) electrons. The lowest BCUT2D eigenvalue weighted by atomic mass is 10.1. The Hall–Kier alpha value is -1.10. The molecule has 0 amide bonds. The lowest BCUT2D eigenvalue weighted by Gasteiger charge is -2.08. The second kappa shape index (κ2) is 5.69. The van der Waals surface area contributed by atoms with Crippen LogP contribution in [0.3, 0.4) is 0 Å². The van der Waals surface area contributed by atoms with Crippen molar-refractivity contribution in [3.05, 3.63) is 35.9 Å². The third kappa shape index (κ3) is 2.66. The van der Waals surface area contributed by atoms with Crippen molar-refractivity contribution in [1.29, 1.82) is 0 Å². The Bertz CT molecular complexity index is 424. The Balaban J connectivity index is 0.00000120. The van der Waals surface area contributed by atoms with E-state index in [0.717, 1.165) is 5.90 Å². The monoisotopic (exact) mass is 268 g/mol. The number of hydrogen-bond acceptors (Lipinski definition) is 4. The zero-order chi connectivity index (χ0) is 11.7. The number of β-amino-alcohol motifs (C(OH)–C–C–N with tert-alkyl or cyclic N) is 1. The maximum Gasteiger partial charge on any atom is 0.201 e. The summed E-state index contributed by atoms with van der Waals surface area (Å²) in [5.41, 5.74) is 1.18. The van der Waals surface area contributed by atoms with E-state index in [1.165, 1.54) is 5.56 Å². The van der Waals surface area contributed by atoms with Crippen LogP contribution in [0.15, 0.2) is 35.3 Å². The van der Waals surface area contributed by atoms with E-state index in [1.54, 1.807) is 0 Å². The van der Waals surface area contributed by atoms with Crippen LogP contribution in [0.2, 0.25) is 0 Å². The van der Waals surface area contributed by atoms with Crippen LogP contribution in [-0.2, 0) is 4.74 Å². The summed E-state index contributed by atoms with van der Waals surface area (Å²) in [6.07, 6.45) is 0.419. The summed E-state index contributed by atoms with van der Waals surface area (Å²) in [6.45, 7) is 1.23. The minimum absolute atomic E-state index is 0. The molecule has 98 valence electrons. The first-order valence-electron chi connectivity index (χ1n) is 6.00. The molecule has 0 spiro atoms. The molecule has 3 rings (SSSR count). The van der Waals surface area contributed by atoms with Gasteiger partial charge in [0.2, 0.25) is 5.90 Å². The summed E-state index contributed by atoms with van der Waals surface area (Å²) in [5.74, 6) is 0.746. The molecule has 0 bridgehead atoms. The largest absolute Gasteiger partial charge is 0.477 e. The predicted molar refractivity (Wildman–Crippen MR) is 72.2 cm³/mol. The third-order valence-corrected chi connectivity index (χ3v) is 3.26. The van der Waals surface area contributed by atoms with Crippen molar-refractivity contribution in [2.24, 2.45) is 4.99 Å². The first-order chi connectivity index (χ1) is 8.33. The number of ether oxygens (including phenoxy) is 1. The second-order valence-electron chi connectivity index (χ2n) is 4.56. The number of benzene rings is 1. The minimum atomic E-state index is -0.276. The number of nitrogens with one attached hydrogen (secondary N) is 1. The van der Waals surface area contributed by atoms with Gasteiger partial charge in [-0.1, -0.05) is 30.3 Å². The van der Waals surface area contributed by atoms with E-state index in [-0.39, 0.29) is 30.6 Å². The van der Waals surface area contributed by atoms with Crippen LogP contribution in [0.1, 0.15) is 18.0 Å². The third-order valence-electron chi connectivity index (χ3n) is 3.26. The number of halogens is 1. The van der Waals surface area contributed by atoms with Crippen LogP contribution in [0.25, 0.3) is 0 Å². The van der Waals surface area contributed by atoms with Crippen LogP contribution in [-0.4, -0.2) is 36.3 Å². The van der Waals surface area contributed by atoms with E-state index < -0.39 is 0 Å². The Morgan fingerprint density at radius 3 is 2.72 bits per heavy atom. The van der Waals surface area contributed by atoms with E-state index in [0.29, 0.717) is 19.6 Å². The van der Waals surface area contributed by atoms with Gasteiger partial charge in [-0.2, -0.15) is 0 Å². The van der Waals surface area contributed by atoms with Crippen LogP contribution in [0.5, 0.6) is 0 Å². The summed E-state index contributed by atoms with van der Waals surface area (Å²) >= 11 is 0. The van der Waals surface area contributed by atoms with Gasteiger partial charge in [-0.25, -0.2) is 4.99 Å². The maximum atomic E-state index is 9.47. The van der Waals surface area contributed by atoms with Crippen LogP contribution < -0.4 is 5.32 Å². The molecule has 1 saturated heterocycles. The summed E-state index contributed by atoms with van der Waals surface area (Å²) in [7, 11) is 0. The molecule has 2 aliphatic heterocycles. The average Bonchev–Trinajstić information content (AvgIpc) is 2.98. The lowest BCUT2D eigenvalue weighted by Crippen LogP contribution is -2.30. The van der Waals surface area contributed by atoms with Gasteiger partial charge in [-0.15, -0.1) is 12.4 Å². The average molecular weight is 269 g/mol. The molecule has 0 aliphatic carbocycles. The normalized spacial score (nSPS) is 30.5. The zero-order valence-electron chi connectivity index (χ0n) is 9.95. The molecule has 2 aliphatic rings. The Morgan fingerprint density at radius 2 is 2.06 bits per heavy atom. The lowest BCUT2D eigenvalue weighted by molar-refractivity contribution is 0.194. The fourth-order valence-electron chi connectivity index (χ4n) is 2.33. The second-order valence-corrected chi connectivity index (χ2v) is 4.56. The maximum absolute atomic E-state index is 9.47. The topological polar surface area (TPSA) is 53.8 Å². The molecule has 0 saturated carbocycles. The Morgan fingerprint density at radius 1 is 1.28 bits per heavy atom. The number of hydrogen-bond donors (Lipinski definition) is 2.